The molecular weight excluding hydrogens is 382 g/mol. The normalized spacial score (nSPS) is 20.0. The number of benzene rings is 1. The van der Waals surface area contributed by atoms with Crippen LogP contribution in [0.2, 0.25) is 0 Å². The summed E-state index contributed by atoms with van der Waals surface area (Å²) in [5.41, 5.74) is 1.51. The van der Waals surface area contributed by atoms with E-state index in [4.69, 9.17) is 0 Å². The molecule has 1 aliphatic carbocycles. The Bertz CT molecular complexity index is 983. The minimum Gasteiger partial charge on any atom is -0.352 e. The topological polar surface area (TPSA) is 75.6 Å². The molecule has 2 unspecified atom stereocenters. The Balaban J connectivity index is 1.60. The Morgan fingerprint density at radius 1 is 1.28 bits per heavy atom. The molecule has 0 radical (unpaired) electrons. The minimum absolute atomic E-state index is 0.163. The summed E-state index contributed by atoms with van der Waals surface area (Å²) in [5, 5.41) is 8.21. The molecule has 2 atom stereocenters. The van der Waals surface area contributed by atoms with Crippen molar-refractivity contribution < 1.29 is 0 Å². The van der Waals surface area contributed by atoms with Gasteiger partial charge in [0.1, 0.15) is 5.39 Å². The molecule has 7 heteroatoms. The predicted molar refractivity (Wildman–Crippen MR) is 102 cm³/mol. The average molecular weight is 402 g/mol. The molecule has 3 aromatic rings. The van der Waals surface area contributed by atoms with Gasteiger partial charge in [0.05, 0.1) is 11.7 Å². The van der Waals surface area contributed by atoms with Crippen LogP contribution < -0.4 is 10.9 Å². The van der Waals surface area contributed by atoms with E-state index in [-0.39, 0.29) is 17.1 Å². The Hall–Kier alpha value is -2.15. The first kappa shape index (κ1) is 16.3. The lowest BCUT2D eigenvalue weighted by Crippen LogP contribution is -2.24. The molecule has 1 aromatic carbocycles. The molecule has 0 amide bonds. The van der Waals surface area contributed by atoms with E-state index in [1.165, 1.54) is 5.56 Å². The molecular formula is C18H20BrN5O. The molecule has 6 nitrogen and oxygen atoms in total. The maximum absolute atomic E-state index is 12.3. The highest BCUT2D eigenvalue weighted by molar-refractivity contribution is 9.10. The van der Waals surface area contributed by atoms with Crippen LogP contribution in [0.3, 0.4) is 0 Å². The van der Waals surface area contributed by atoms with Gasteiger partial charge in [0.2, 0.25) is 5.95 Å². The van der Waals surface area contributed by atoms with Gasteiger partial charge in [-0.2, -0.15) is 10.1 Å². The lowest BCUT2D eigenvalue weighted by atomic mass is 10.1. The summed E-state index contributed by atoms with van der Waals surface area (Å²) in [6.45, 7) is 6.12. The van der Waals surface area contributed by atoms with Crippen LogP contribution in [0, 0.1) is 0 Å². The van der Waals surface area contributed by atoms with E-state index in [9.17, 15) is 4.79 Å². The highest BCUT2D eigenvalue weighted by Crippen LogP contribution is 2.42. The third kappa shape index (κ3) is 3.08. The van der Waals surface area contributed by atoms with Crippen molar-refractivity contribution in [2.75, 3.05) is 5.32 Å². The first-order chi connectivity index (χ1) is 11.8. The molecule has 25 heavy (non-hydrogen) atoms. The maximum atomic E-state index is 12.3. The fourth-order valence-corrected chi connectivity index (χ4v) is 3.35. The van der Waals surface area contributed by atoms with Crippen LogP contribution in [0.5, 0.6) is 0 Å². The van der Waals surface area contributed by atoms with Crippen molar-refractivity contribution in [1.82, 2.24) is 19.7 Å². The van der Waals surface area contributed by atoms with Crippen LogP contribution in [0.25, 0.3) is 11.0 Å². The number of fused-ring (bicyclic) bond motifs is 1. The zero-order valence-corrected chi connectivity index (χ0v) is 16.0. The van der Waals surface area contributed by atoms with Gasteiger partial charge >= 0.3 is 0 Å². The molecule has 2 heterocycles. The van der Waals surface area contributed by atoms with Crippen molar-refractivity contribution in [2.45, 2.75) is 44.7 Å². The van der Waals surface area contributed by atoms with Gasteiger partial charge in [-0.15, -0.1) is 0 Å². The molecule has 2 N–H and O–H groups in total. The lowest BCUT2D eigenvalue weighted by molar-refractivity contribution is 0.366. The fraction of sp³-hybridized carbons (Fsp3) is 0.389. The quantitative estimate of drug-likeness (QED) is 0.702. The van der Waals surface area contributed by atoms with Crippen molar-refractivity contribution >= 4 is 32.9 Å². The van der Waals surface area contributed by atoms with Gasteiger partial charge in [0, 0.05) is 16.4 Å². The molecule has 4 rings (SSSR count). The van der Waals surface area contributed by atoms with E-state index >= 15 is 0 Å². The van der Waals surface area contributed by atoms with Gasteiger partial charge < -0.3 is 5.32 Å². The molecule has 1 saturated carbocycles. The number of rotatable bonds is 3. The zero-order chi connectivity index (χ0) is 17.8. The maximum Gasteiger partial charge on any atom is 0.263 e. The number of nitrogens with zero attached hydrogens (tertiary/aromatic N) is 3. The molecule has 0 saturated heterocycles. The van der Waals surface area contributed by atoms with Crippen LogP contribution in [-0.4, -0.2) is 25.8 Å². The number of aromatic nitrogens is 4. The van der Waals surface area contributed by atoms with Gasteiger partial charge in [-0.05, 0) is 44.9 Å². The average Bonchev–Trinajstić information content (AvgIpc) is 3.13. The Labute approximate surface area is 153 Å². The third-order valence-electron chi connectivity index (χ3n) is 4.48. The monoisotopic (exact) mass is 401 g/mol. The number of halogens is 1. The Morgan fingerprint density at radius 2 is 2.00 bits per heavy atom. The van der Waals surface area contributed by atoms with Crippen LogP contribution in [-0.2, 0) is 5.54 Å². The highest BCUT2D eigenvalue weighted by Gasteiger charge is 2.39. The summed E-state index contributed by atoms with van der Waals surface area (Å²) < 4.78 is 2.87. The minimum atomic E-state index is -0.237. The number of anilines is 1. The van der Waals surface area contributed by atoms with Crippen LogP contribution >= 0.6 is 15.9 Å². The zero-order valence-electron chi connectivity index (χ0n) is 14.4. The van der Waals surface area contributed by atoms with E-state index in [0.717, 1.165) is 10.9 Å². The molecule has 0 bridgehead atoms. The Morgan fingerprint density at radius 3 is 2.68 bits per heavy atom. The molecule has 130 valence electrons. The van der Waals surface area contributed by atoms with Crippen molar-refractivity contribution in [3.05, 3.63) is 50.9 Å². The summed E-state index contributed by atoms with van der Waals surface area (Å²) in [5.74, 6) is 0.953. The van der Waals surface area contributed by atoms with Crippen molar-refractivity contribution in [3.8, 4) is 0 Å². The molecule has 2 aromatic heterocycles. The SMILES string of the molecule is CC(C)(C)n1ncc2c(=O)[nH]c(NC3CC3c3ccc(Br)cc3)nc21. The smallest absolute Gasteiger partial charge is 0.263 e. The second-order valence-electron chi connectivity index (χ2n) is 7.52. The van der Waals surface area contributed by atoms with Crippen LogP contribution in [0.15, 0.2) is 39.7 Å². The van der Waals surface area contributed by atoms with Gasteiger partial charge in [0.15, 0.2) is 5.65 Å². The second-order valence-corrected chi connectivity index (χ2v) is 8.44. The summed E-state index contributed by atoms with van der Waals surface area (Å²) in [4.78, 5) is 19.8. The van der Waals surface area contributed by atoms with Crippen LogP contribution in [0.1, 0.15) is 38.7 Å². The van der Waals surface area contributed by atoms with Gasteiger partial charge in [-0.1, -0.05) is 28.1 Å². The van der Waals surface area contributed by atoms with Gasteiger partial charge in [-0.3, -0.25) is 9.78 Å². The highest BCUT2D eigenvalue weighted by atomic mass is 79.9. The Kier molecular flexibility index (Phi) is 3.72. The fourth-order valence-electron chi connectivity index (χ4n) is 3.09. The molecule has 1 fully saturated rings. The standard InChI is InChI=1S/C18H20BrN5O/c1-18(2,3)24-15-13(9-20-24)16(25)23-17(22-15)21-14-8-12(14)10-4-6-11(19)7-5-10/h4-7,9,12,14H,8H2,1-3H3,(H2,21,22,23,25). The summed E-state index contributed by atoms with van der Waals surface area (Å²) in [6.07, 6.45) is 2.61. The summed E-state index contributed by atoms with van der Waals surface area (Å²) in [6, 6.07) is 8.65. The largest absolute Gasteiger partial charge is 0.352 e. The van der Waals surface area contributed by atoms with Crippen molar-refractivity contribution in [1.29, 1.82) is 0 Å². The first-order valence-corrected chi connectivity index (χ1v) is 9.13. The first-order valence-electron chi connectivity index (χ1n) is 8.33. The van der Waals surface area contributed by atoms with Gasteiger partial charge in [-0.25, -0.2) is 4.68 Å². The lowest BCUT2D eigenvalue weighted by Gasteiger charge is -2.19. The number of aromatic amines is 1. The molecule has 1 aliphatic rings. The van der Waals surface area contributed by atoms with E-state index in [0.29, 0.717) is 22.9 Å². The molecule has 0 spiro atoms. The van der Waals surface area contributed by atoms with Gasteiger partial charge in [0.25, 0.3) is 5.56 Å². The van der Waals surface area contributed by atoms with Crippen LogP contribution in [0.4, 0.5) is 5.95 Å². The predicted octanol–water partition coefficient (Wildman–Crippen LogP) is 3.61. The van der Waals surface area contributed by atoms with E-state index in [1.54, 1.807) is 10.9 Å². The van der Waals surface area contributed by atoms with E-state index in [1.807, 2.05) is 20.8 Å². The molecule has 0 aliphatic heterocycles. The van der Waals surface area contributed by atoms with Crippen molar-refractivity contribution in [2.24, 2.45) is 0 Å². The summed E-state index contributed by atoms with van der Waals surface area (Å²) in [7, 11) is 0. The van der Waals surface area contributed by atoms with E-state index in [2.05, 4.69) is 60.6 Å². The number of nitrogens with one attached hydrogen (secondary N) is 2. The van der Waals surface area contributed by atoms with Crippen molar-refractivity contribution in [3.63, 3.8) is 0 Å². The van der Waals surface area contributed by atoms with E-state index < -0.39 is 0 Å². The number of hydrogen-bond acceptors (Lipinski definition) is 4. The summed E-state index contributed by atoms with van der Waals surface area (Å²) >= 11 is 3.46. The second kappa shape index (κ2) is 5.69. The third-order valence-corrected chi connectivity index (χ3v) is 5.01. The number of hydrogen-bond donors (Lipinski definition) is 2. The number of H-pyrrole nitrogens is 1.